The van der Waals surface area contributed by atoms with Crippen LogP contribution in [0.5, 0.6) is 11.5 Å². The van der Waals surface area contributed by atoms with Crippen molar-refractivity contribution in [3.8, 4) is 11.5 Å². The van der Waals surface area contributed by atoms with E-state index in [0.29, 0.717) is 27.1 Å². The van der Waals surface area contributed by atoms with Crippen LogP contribution in [0.2, 0.25) is 5.02 Å². The number of ether oxygens (including phenoxy) is 2. The molecule has 0 aromatic heterocycles. The lowest BCUT2D eigenvalue weighted by Crippen LogP contribution is -2.15. The molecule has 21 heavy (non-hydrogen) atoms. The lowest BCUT2D eigenvalue weighted by Gasteiger charge is -2.19. The molecule has 0 radical (unpaired) electrons. The van der Waals surface area contributed by atoms with Crippen LogP contribution in [0, 0.1) is 5.82 Å². The maximum absolute atomic E-state index is 14.1. The number of rotatable bonds is 4. The van der Waals surface area contributed by atoms with Crippen molar-refractivity contribution in [2.24, 2.45) is 5.73 Å². The molecule has 0 aliphatic rings. The van der Waals surface area contributed by atoms with Crippen molar-refractivity contribution in [3.63, 3.8) is 0 Å². The van der Waals surface area contributed by atoms with Crippen molar-refractivity contribution in [1.82, 2.24) is 0 Å². The summed E-state index contributed by atoms with van der Waals surface area (Å²) in [5.41, 5.74) is 7.12. The quantitative estimate of drug-likeness (QED) is 0.867. The summed E-state index contributed by atoms with van der Waals surface area (Å²) in [5.74, 6) is 0.580. The maximum Gasteiger partial charge on any atom is 0.146 e. The van der Waals surface area contributed by atoms with Gasteiger partial charge < -0.3 is 15.2 Å². The first kappa shape index (κ1) is 16.1. The summed E-state index contributed by atoms with van der Waals surface area (Å²) >= 11 is 9.21. The molecule has 2 aromatic carbocycles. The molecule has 0 spiro atoms. The summed E-state index contributed by atoms with van der Waals surface area (Å²) in [6.45, 7) is 0. The van der Waals surface area contributed by atoms with E-state index in [1.165, 1.54) is 13.2 Å². The van der Waals surface area contributed by atoms with Crippen molar-refractivity contribution in [2.45, 2.75) is 6.04 Å². The normalized spacial score (nSPS) is 12.1. The van der Waals surface area contributed by atoms with Gasteiger partial charge in [-0.1, -0.05) is 23.7 Å². The molecule has 0 heterocycles. The topological polar surface area (TPSA) is 44.5 Å². The minimum absolute atomic E-state index is 0.0366. The third-order valence-corrected chi connectivity index (χ3v) is 4.21. The predicted molar refractivity (Wildman–Crippen MR) is 84.7 cm³/mol. The van der Waals surface area contributed by atoms with E-state index in [1.54, 1.807) is 31.4 Å². The molecule has 0 amide bonds. The minimum atomic E-state index is -0.708. The minimum Gasteiger partial charge on any atom is -0.495 e. The molecule has 1 atom stereocenters. The fourth-order valence-electron chi connectivity index (χ4n) is 2.09. The third kappa shape index (κ3) is 3.00. The first-order valence-electron chi connectivity index (χ1n) is 6.11. The second-order valence-electron chi connectivity index (χ2n) is 4.32. The van der Waals surface area contributed by atoms with Crippen LogP contribution in [-0.2, 0) is 0 Å². The van der Waals surface area contributed by atoms with Gasteiger partial charge in [0.25, 0.3) is 0 Å². The van der Waals surface area contributed by atoms with Crippen LogP contribution in [0.1, 0.15) is 17.2 Å². The Hall–Kier alpha value is -1.30. The zero-order chi connectivity index (χ0) is 15.6. The molecule has 0 aliphatic heterocycles. The van der Waals surface area contributed by atoms with E-state index in [1.807, 2.05) is 0 Å². The molecular weight excluding hydrogens is 361 g/mol. The van der Waals surface area contributed by atoms with Gasteiger partial charge in [-0.05, 0) is 34.1 Å². The van der Waals surface area contributed by atoms with Crippen molar-refractivity contribution >= 4 is 27.5 Å². The molecule has 6 heteroatoms. The molecule has 0 fully saturated rings. The molecule has 3 nitrogen and oxygen atoms in total. The molecule has 0 bridgehead atoms. The molecule has 0 aliphatic carbocycles. The van der Waals surface area contributed by atoms with Gasteiger partial charge in [0.15, 0.2) is 0 Å². The number of methoxy groups -OCH3 is 2. The van der Waals surface area contributed by atoms with E-state index < -0.39 is 11.9 Å². The molecular formula is C15H14BrClFNO2. The average molecular weight is 375 g/mol. The van der Waals surface area contributed by atoms with E-state index >= 15 is 0 Å². The molecule has 0 saturated carbocycles. The van der Waals surface area contributed by atoms with Crippen LogP contribution in [0.25, 0.3) is 0 Å². The van der Waals surface area contributed by atoms with Gasteiger partial charge in [0, 0.05) is 11.1 Å². The number of benzene rings is 2. The fourth-order valence-corrected chi connectivity index (χ4v) is 2.96. The summed E-state index contributed by atoms with van der Waals surface area (Å²) in [7, 11) is 3.07. The van der Waals surface area contributed by atoms with Crippen molar-refractivity contribution in [2.75, 3.05) is 14.2 Å². The van der Waals surface area contributed by atoms with Gasteiger partial charge >= 0.3 is 0 Å². The summed E-state index contributed by atoms with van der Waals surface area (Å²) < 4.78 is 25.3. The van der Waals surface area contributed by atoms with Gasteiger partial charge in [0.05, 0.1) is 25.3 Å². The monoisotopic (exact) mass is 373 g/mol. The van der Waals surface area contributed by atoms with Gasteiger partial charge in [-0.25, -0.2) is 4.39 Å². The maximum atomic E-state index is 14.1. The second kappa shape index (κ2) is 6.64. The molecule has 2 aromatic rings. The summed E-state index contributed by atoms with van der Waals surface area (Å²) in [4.78, 5) is 0. The van der Waals surface area contributed by atoms with E-state index in [4.69, 9.17) is 26.8 Å². The predicted octanol–water partition coefficient (Wildman–Crippen LogP) is 4.31. The van der Waals surface area contributed by atoms with Gasteiger partial charge in [-0.3, -0.25) is 0 Å². The van der Waals surface area contributed by atoms with Crippen LogP contribution in [0.15, 0.2) is 34.8 Å². The second-order valence-corrected chi connectivity index (χ2v) is 5.53. The standard InChI is InChI=1S/C15H14BrClFNO2/c1-20-11-7-6-9(15(21-2)12(11)16)14(19)8-4-3-5-10(17)13(8)18/h3-7,14H,19H2,1-2H3. The Kier molecular flexibility index (Phi) is 5.08. The number of hydrogen-bond acceptors (Lipinski definition) is 3. The Labute approximate surface area is 135 Å². The van der Waals surface area contributed by atoms with Crippen molar-refractivity contribution < 1.29 is 13.9 Å². The highest BCUT2D eigenvalue weighted by molar-refractivity contribution is 9.10. The fraction of sp³-hybridized carbons (Fsp3) is 0.200. The first-order valence-corrected chi connectivity index (χ1v) is 7.28. The Morgan fingerprint density at radius 1 is 1.14 bits per heavy atom. The smallest absolute Gasteiger partial charge is 0.146 e. The number of halogens is 3. The van der Waals surface area contributed by atoms with Crippen LogP contribution in [0.3, 0.4) is 0 Å². The van der Waals surface area contributed by atoms with E-state index in [0.717, 1.165) is 0 Å². The SMILES string of the molecule is COc1ccc(C(N)c2cccc(Cl)c2F)c(OC)c1Br. The van der Waals surface area contributed by atoms with E-state index in [-0.39, 0.29) is 5.02 Å². The molecule has 1 unspecified atom stereocenters. The Morgan fingerprint density at radius 2 is 1.86 bits per heavy atom. The van der Waals surface area contributed by atoms with Crippen LogP contribution in [-0.4, -0.2) is 14.2 Å². The lowest BCUT2D eigenvalue weighted by molar-refractivity contribution is 0.384. The Balaban J connectivity index is 2.56. The van der Waals surface area contributed by atoms with Crippen LogP contribution in [0.4, 0.5) is 4.39 Å². The van der Waals surface area contributed by atoms with E-state index in [9.17, 15) is 4.39 Å². The number of hydrogen-bond donors (Lipinski definition) is 1. The Bertz CT molecular complexity index is 666. The van der Waals surface area contributed by atoms with E-state index in [2.05, 4.69) is 15.9 Å². The molecule has 0 saturated heterocycles. The summed E-state index contributed by atoms with van der Waals surface area (Å²) in [6, 6.07) is 7.52. The highest BCUT2D eigenvalue weighted by Gasteiger charge is 2.22. The first-order chi connectivity index (χ1) is 10.0. The van der Waals surface area contributed by atoms with Gasteiger partial charge in [-0.2, -0.15) is 0 Å². The van der Waals surface area contributed by atoms with Crippen molar-refractivity contribution in [3.05, 3.63) is 56.8 Å². The van der Waals surface area contributed by atoms with Gasteiger partial charge in [0.2, 0.25) is 0 Å². The molecule has 2 N–H and O–H groups in total. The zero-order valence-electron chi connectivity index (χ0n) is 11.5. The number of nitrogens with two attached hydrogens (primary N) is 1. The molecule has 112 valence electrons. The lowest BCUT2D eigenvalue weighted by atomic mass is 9.98. The molecule has 2 rings (SSSR count). The van der Waals surface area contributed by atoms with Crippen LogP contribution >= 0.6 is 27.5 Å². The third-order valence-electron chi connectivity index (χ3n) is 3.17. The Morgan fingerprint density at radius 3 is 2.48 bits per heavy atom. The average Bonchev–Trinajstić information content (AvgIpc) is 2.49. The zero-order valence-corrected chi connectivity index (χ0v) is 13.8. The summed E-state index contributed by atoms with van der Waals surface area (Å²) in [5, 5.41) is 0.0366. The van der Waals surface area contributed by atoms with Crippen molar-refractivity contribution in [1.29, 1.82) is 0 Å². The highest BCUT2D eigenvalue weighted by Crippen LogP contribution is 2.41. The van der Waals surface area contributed by atoms with Gasteiger partial charge in [0.1, 0.15) is 21.8 Å². The highest BCUT2D eigenvalue weighted by atomic mass is 79.9. The summed E-state index contributed by atoms with van der Waals surface area (Å²) in [6.07, 6.45) is 0. The van der Waals surface area contributed by atoms with Gasteiger partial charge in [-0.15, -0.1) is 0 Å². The van der Waals surface area contributed by atoms with Crippen LogP contribution < -0.4 is 15.2 Å². The largest absolute Gasteiger partial charge is 0.495 e.